The summed E-state index contributed by atoms with van der Waals surface area (Å²) in [6.45, 7) is 0. The summed E-state index contributed by atoms with van der Waals surface area (Å²) in [6.07, 6.45) is 0.0302. The van der Waals surface area contributed by atoms with Crippen LogP contribution < -0.4 is 5.73 Å². The Kier molecular flexibility index (Phi) is 3.94. The van der Waals surface area contributed by atoms with Gasteiger partial charge in [0, 0.05) is 6.20 Å². The second-order valence-electron chi connectivity index (χ2n) is 3.67. The molecule has 0 fully saturated rings. The Bertz CT molecular complexity index is 572. The Balaban J connectivity index is 2.04. The van der Waals surface area contributed by atoms with E-state index >= 15 is 0 Å². The zero-order valence-corrected chi connectivity index (χ0v) is 9.89. The van der Waals surface area contributed by atoms with Crippen LogP contribution in [0.5, 0.6) is 0 Å². The molecular weight excluding hydrogens is 246 g/mol. The molecule has 0 saturated carbocycles. The summed E-state index contributed by atoms with van der Waals surface area (Å²) in [4.78, 5) is 23.5. The van der Waals surface area contributed by atoms with Crippen molar-refractivity contribution in [2.75, 3.05) is 0 Å². The van der Waals surface area contributed by atoms with Crippen LogP contribution in [-0.4, -0.2) is 28.2 Å². The average Bonchev–Trinajstić information content (AvgIpc) is 2.48. The van der Waals surface area contributed by atoms with Crippen LogP contribution >= 0.6 is 0 Å². The third kappa shape index (κ3) is 3.20. The number of esters is 1. The van der Waals surface area contributed by atoms with E-state index in [1.54, 1.807) is 36.4 Å². The van der Waals surface area contributed by atoms with Crippen LogP contribution in [0.3, 0.4) is 0 Å². The molecule has 2 N–H and O–H groups in total. The maximum atomic E-state index is 11.8. The number of hydrogen-bond donors (Lipinski definition) is 1. The van der Waals surface area contributed by atoms with Gasteiger partial charge in [0.05, 0.1) is 5.56 Å². The molecule has 1 heterocycles. The highest BCUT2D eigenvalue weighted by molar-refractivity contribution is 5.99. The number of nitrogens with two attached hydrogens (primary N) is 1. The molecule has 96 valence electrons. The first kappa shape index (κ1) is 12.8. The fraction of sp³-hybridized carbons (Fsp3) is 0.0769. The molecule has 0 aliphatic heterocycles. The number of Topliss-reactive ketones (excluding diaryl/α,β-unsaturated/α-hetero) is 1. The van der Waals surface area contributed by atoms with Gasteiger partial charge in [0.1, 0.15) is 5.69 Å². The summed E-state index contributed by atoms with van der Waals surface area (Å²) in [5.74, 6) is -1.26. The Hall–Kier alpha value is -2.60. The fourth-order valence-electron chi connectivity index (χ4n) is 1.39. The van der Waals surface area contributed by atoms with Crippen LogP contribution in [0.25, 0.3) is 0 Å². The molecular formula is C13H11N3O3. The van der Waals surface area contributed by atoms with Gasteiger partial charge < -0.3 is 4.74 Å². The van der Waals surface area contributed by atoms with Crippen molar-refractivity contribution < 1.29 is 14.3 Å². The zero-order chi connectivity index (χ0) is 13.7. The van der Waals surface area contributed by atoms with Gasteiger partial charge in [0.25, 0.3) is 0 Å². The van der Waals surface area contributed by atoms with Crippen molar-refractivity contribution in [3.05, 3.63) is 59.9 Å². The molecule has 1 aromatic carbocycles. The minimum atomic E-state index is -1.40. The number of rotatable bonds is 4. The van der Waals surface area contributed by atoms with Crippen molar-refractivity contribution in [1.82, 2.24) is 10.2 Å². The number of carbonyl (C=O) groups excluding carboxylic acids is 2. The quantitative estimate of drug-likeness (QED) is 0.494. The van der Waals surface area contributed by atoms with Crippen molar-refractivity contribution in [3.63, 3.8) is 0 Å². The minimum Gasteiger partial charge on any atom is -0.435 e. The van der Waals surface area contributed by atoms with E-state index < -0.39 is 18.0 Å². The van der Waals surface area contributed by atoms with E-state index in [0.717, 1.165) is 0 Å². The molecule has 0 spiro atoms. The summed E-state index contributed by atoms with van der Waals surface area (Å²) in [5.41, 5.74) is 5.90. The topological polar surface area (TPSA) is 95.2 Å². The monoisotopic (exact) mass is 257 g/mol. The lowest BCUT2D eigenvalue weighted by molar-refractivity contribution is 0.0294. The number of ketones is 1. The summed E-state index contributed by atoms with van der Waals surface area (Å²) in [5, 5.41) is 7.17. The number of carbonyl (C=O) groups is 2. The molecule has 0 saturated heterocycles. The maximum Gasteiger partial charge on any atom is 0.340 e. The minimum absolute atomic E-state index is 0.0517. The van der Waals surface area contributed by atoms with Gasteiger partial charge in [0.15, 0.2) is 0 Å². The van der Waals surface area contributed by atoms with Crippen molar-refractivity contribution >= 4 is 11.8 Å². The summed E-state index contributed by atoms with van der Waals surface area (Å²) < 4.78 is 4.87. The Labute approximate surface area is 109 Å². The Morgan fingerprint density at radius 1 is 1.11 bits per heavy atom. The lowest BCUT2D eigenvalue weighted by Gasteiger charge is -2.11. The molecule has 6 nitrogen and oxygen atoms in total. The van der Waals surface area contributed by atoms with E-state index in [1.807, 2.05) is 0 Å². The smallest absolute Gasteiger partial charge is 0.340 e. The summed E-state index contributed by atoms with van der Waals surface area (Å²) in [6, 6.07) is 11.3. The number of benzene rings is 1. The molecule has 6 heteroatoms. The fourth-order valence-corrected chi connectivity index (χ4v) is 1.39. The van der Waals surface area contributed by atoms with Crippen molar-refractivity contribution in [1.29, 1.82) is 0 Å². The van der Waals surface area contributed by atoms with Gasteiger partial charge >= 0.3 is 5.97 Å². The lowest BCUT2D eigenvalue weighted by atomic mass is 10.2. The van der Waals surface area contributed by atoms with E-state index in [2.05, 4.69) is 10.2 Å². The van der Waals surface area contributed by atoms with Gasteiger partial charge in [-0.05, 0) is 24.3 Å². The first-order chi connectivity index (χ1) is 9.18. The molecule has 1 atom stereocenters. The molecule has 19 heavy (non-hydrogen) atoms. The first-order valence-corrected chi connectivity index (χ1v) is 5.52. The SMILES string of the molecule is NC(OC(=O)c1ccccc1)C(=O)c1cccnn1. The van der Waals surface area contributed by atoms with Crippen LogP contribution in [-0.2, 0) is 4.74 Å². The highest BCUT2D eigenvalue weighted by Crippen LogP contribution is 2.05. The van der Waals surface area contributed by atoms with Crippen LogP contribution in [0, 0.1) is 0 Å². The average molecular weight is 257 g/mol. The highest BCUT2D eigenvalue weighted by Gasteiger charge is 2.21. The van der Waals surface area contributed by atoms with E-state index in [9.17, 15) is 9.59 Å². The normalized spacial score (nSPS) is 11.6. The molecule has 2 rings (SSSR count). The molecule has 0 aliphatic carbocycles. The lowest BCUT2D eigenvalue weighted by Crippen LogP contribution is -2.36. The van der Waals surface area contributed by atoms with E-state index in [-0.39, 0.29) is 5.69 Å². The third-order valence-corrected chi connectivity index (χ3v) is 2.33. The van der Waals surface area contributed by atoms with Gasteiger partial charge in [-0.15, -0.1) is 5.10 Å². The molecule has 1 unspecified atom stereocenters. The third-order valence-electron chi connectivity index (χ3n) is 2.33. The molecule has 1 aromatic heterocycles. The summed E-state index contributed by atoms with van der Waals surface area (Å²) in [7, 11) is 0. The first-order valence-electron chi connectivity index (χ1n) is 5.52. The molecule has 2 aromatic rings. The summed E-state index contributed by atoms with van der Waals surface area (Å²) >= 11 is 0. The predicted molar refractivity (Wildman–Crippen MR) is 66.2 cm³/mol. The highest BCUT2D eigenvalue weighted by atomic mass is 16.6. The van der Waals surface area contributed by atoms with Crippen molar-refractivity contribution in [2.45, 2.75) is 6.23 Å². The number of nitrogens with zero attached hydrogens (tertiary/aromatic N) is 2. The standard InChI is InChI=1S/C13H11N3O3/c14-12(11(17)10-7-4-8-15-16-10)19-13(18)9-5-2-1-3-6-9/h1-8,12H,14H2. The maximum absolute atomic E-state index is 11.8. The zero-order valence-electron chi connectivity index (χ0n) is 9.89. The van der Waals surface area contributed by atoms with Gasteiger partial charge in [-0.25, -0.2) is 4.79 Å². The van der Waals surface area contributed by atoms with Crippen LogP contribution in [0.15, 0.2) is 48.7 Å². The van der Waals surface area contributed by atoms with Crippen LogP contribution in [0.1, 0.15) is 20.8 Å². The largest absolute Gasteiger partial charge is 0.435 e. The van der Waals surface area contributed by atoms with Gasteiger partial charge in [-0.3, -0.25) is 10.5 Å². The van der Waals surface area contributed by atoms with E-state index in [4.69, 9.17) is 10.5 Å². The number of ether oxygens (including phenoxy) is 1. The molecule has 0 amide bonds. The van der Waals surface area contributed by atoms with E-state index in [1.165, 1.54) is 12.3 Å². The second kappa shape index (κ2) is 5.83. The Morgan fingerprint density at radius 3 is 2.47 bits per heavy atom. The van der Waals surface area contributed by atoms with Crippen molar-refractivity contribution in [3.8, 4) is 0 Å². The number of aromatic nitrogens is 2. The van der Waals surface area contributed by atoms with Crippen molar-refractivity contribution in [2.24, 2.45) is 5.73 Å². The second-order valence-corrected chi connectivity index (χ2v) is 3.67. The van der Waals surface area contributed by atoms with Gasteiger partial charge in [-0.2, -0.15) is 5.10 Å². The number of hydrogen-bond acceptors (Lipinski definition) is 6. The van der Waals surface area contributed by atoms with Crippen LogP contribution in [0.2, 0.25) is 0 Å². The molecule has 0 radical (unpaired) electrons. The van der Waals surface area contributed by atoms with Crippen LogP contribution in [0.4, 0.5) is 0 Å². The molecule has 0 aliphatic rings. The predicted octanol–water partition coefficient (Wildman–Crippen LogP) is 0.801. The van der Waals surface area contributed by atoms with E-state index in [0.29, 0.717) is 5.56 Å². The molecule has 0 bridgehead atoms. The van der Waals surface area contributed by atoms with Gasteiger partial charge in [-0.1, -0.05) is 18.2 Å². The van der Waals surface area contributed by atoms with Gasteiger partial charge in [0.2, 0.25) is 12.0 Å². The Morgan fingerprint density at radius 2 is 1.84 bits per heavy atom.